The van der Waals surface area contributed by atoms with Crippen LogP contribution in [0.4, 0.5) is 0 Å². The van der Waals surface area contributed by atoms with Crippen molar-refractivity contribution >= 4 is 5.78 Å². The Hall–Kier alpha value is -0.370. The molecule has 0 N–H and O–H groups in total. The van der Waals surface area contributed by atoms with Crippen LogP contribution in [0.25, 0.3) is 0 Å². The highest BCUT2D eigenvalue weighted by molar-refractivity contribution is 5.80. The number of hydrogen-bond acceptors (Lipinski definition) is 2. The van der Waals surface area contributed by atoms with Crippen molar-refractivity contribution in [3.63, 3.8) is 0 Å². The zero-order chi connectivity index (χ0) is 10.0. The summed E-state index contributed by atoms with van der Waals surface area (Å²) in [6, 6.07) is 0. The highest BCUT2D eigenvalue weighted by Gasteiger charge is 2.45. The van der Waals surface area contributed by atoms with Crippen LogP contribution in [0, 0.1) is 5.41 Å². The molecule has 2 aliphatic carbocycles. The molecule has 0 heterocycles. The average molecular weight is 196 g/mol. The molecule has 0 radical (unpaired) electrons. The Morgan fingerprint density at radius 3 is 2.71 bits per heavy atom. The van der Waals surface area contributed by atoms with Gasteiger partial charge in [0.25, 0.3) is 0 Å². The SMILES string of the molecule is CCOC1CC(=O)CCC12CCCC2. The summed E-state index contributed by atoms with van der Waals surface area (Å²) in [5, 5.41) is 0. The van der Waals surface area contributed by atoms with Crippen LogP contribution in [-0.2, 0) is 9.53 Å². The van der Waals surface area contributed by atoms with Crippen LogP contribution in [-0.4, -0.2) is 18.5 Å². The summed E-state index contributed by atoms with van der Waals surface area (Å²) in [7, 11) is 0. The molecule has 2 saturated carbocycles. The third kappa shape index (κ3) is 1.72. The van der Waals surface area contributed by atoms with Gasteiger partial charge in [-0.05, 0) is 31.6 Å². The molecule has 2 aliphatic rings. The van der Waals surface area contributed by atoms with Crippen LogP contribution in [0.2, 0.25) is 0 Å². The molecule has 80 valence electrons. The second-order valence-electron chi connectivity index (χ2n) is 4.76. The van der Waals surface area contributed by atoms with Gasteiger partial charge in [-0.1, -0.05) is 12.8 Å². The van der Waals surface area contributed by atoms with E-state index in [1.54, 1.807) is 0 Å². The van der Waals surface area contributed by atoms with Crippen molar-refractivity contribution in [1.82, 2.24) is 0 Å². The highest BCUT2D eigenvalue weighted by atomic mass is 16.5. The van der Waals surface area contributed by atoms with E-state index in [0.29, 0.717) is 17.6 Å². The number of ketones is 1. The largest absolute Gasteiger partial charge is 0.377 e. The lowest BCUT2D eigenvalue weighted by Crippen LogP contribution is -2.41. The van der Waals surface area contributed by atoms with Crippen LogP contribution >= 0.6 is 0 Å². The first-order valence-electron chi connectivity index (χ1n) is 5.90. The maximum absolute atomic E-state index is 11.4. The monoisotopic (exact) mass is 196 g/mol. The van der Waals surface area contributed by atoms with Gasteiger partial charge in [-0.2, -0.15) is 0 Å². The van der Waals surface area contributed by atoms with Crippen molar-refractivity contribution in [2.75, 3.05) is 6.61 Å². The standard InChI is InChI=1S/C12H20O2/c1-2-14-11-9-10(13)5-8-12(11)6-3-4-7-12/h11H,2-9H2,1H3. The van der Waals surface area contributed by atoms with Crippen molar-refractivity contribution in [3.05, 3.63) is 0 Å². The Labute approximate surface area is 86.0 Å². The number of hydrogen-bond donors (Lipinski definition) is 0. The average Bonchev–Trinajstić information content (AvgIpc) is 2.62. The van der Waals surface area contributed by atoms with Crippen molar-refractivity contribution in [3.8, 4) is 0 Å². The van der Waals surface area contributed by atoms with Gasteiger partial charge in [0.1, 0.15) is 5.78 Å². The van der Waals surface area contributed by atoms with E-state index in [9.17, 15) is 4.79 Å². The van der Waals surface area contributed by atoms with Crippen LogP contribution in [0.1, 0.15) is 51.9 Å². The molecule has 0 bridgehead atoms. The summed E-state index contributed by atoms with van der Waals surface area (Å²) in [6.45, 7) is 2.78. The molecule has 0 aromatic heterocycles. The van der Waals surface area contributed by atoms with E-state index in [-0.39, 0.29) is 6.10 Å². The molecule has 2 heteroatoms. The minimum Gasteiger partial charge on any atom is -0.377 e. The van der Waals surface area contributed by atoms with E-state index in [1.165, 1.54) is 25.7 Å². The van der Waals surface area contributed by atoms with Crippen molar-refractivity contribution in [1.29, 1.82) is 0 Å². The van der Waals surface area contributed by atoms with E-state index < -0.39 is 0 Å². The second kappa shape index (κ2) is 4.01. The van der Waals surface area contributed by atoms with E-state index >= 15 is 0 Å². The Bertz CT molecular complexity index is 216. The van der Waals surface area contributed by atoms with Crippen LogP contribution < -0.4 is 0 Å². The lowest BCUT2D eigenvalue weighted by atomic mass is 9.70. The van der Waals surface area contributed by atoms with Gasteiger partial charge in [0.05, 0.1) is 6.10 Å². The van der Waals surface area contributed by atoms with E-state index in [4.69, 9.17) is 4.74 Å². The first kappa shape index (κ1) is 10.2. The number of ether oxygens (including phenoxy) is 1. The molecule has 2 nitrogen and oxygen atoms in total. The predicted octanol–water partition coefficient (Wildman–Crippen LogP) is 2.70. The number of carbonyl (C=O) groups is 1. The first-order valence-corrected chi connectivity index (χ1v) is 5.90. The lowest BCUT2D eigenvalue weighted by molar-refractivity contribution is -0.133. The Morgan fingerprint density at radius 1 is 1.36 bits per heavy atom. The molecule has 1 atom stereocenters. The van der Waals surface area contributed by atoms with E-state index in [2.05, 4.69) is 0 Å². The van der Waals surface area contributed by atoms with E-state index in [1.807, 2.05) is 6.92 Å². The molecular weight excluding hydrogens is 176 g/mol. The molecule has 0 aromatic rings. The van der Waals surface area contributed by atoms with Gasteiger partial charge in [0.15, 0.2) is 0 Å². The smallest absolute Gasteiger partial charge is 0.135 e. The van der Waals surface area contributed by atoms with Gasteiger partial charge >= 0.3 is 0 Å². The third-order valence-electron chi connectivity index (χ3n) is 3.96. The van der Waals surface area contributed by atoms with Gasteiger partial charge in [0, 0.05) is 19.4 Å². The molecule has 0 amide bonds. The highest BCUT2D eigenvalue weighted by Crippen LogP contribution is 2.49. The molecule has 0 aliphatic heterocycles. The van der Waals surface area contributed by atoms with Crippen molar-refractivity contribution < 1.29 is 9.53 Å². The fraction of sp³-hybridized carbons (Fsp3) is 0.917. The summed E-state index contributed by atoms with van der Waals surface area (Å²) in [5.41, 5.74) is 0.379. The zero-order valence-electron chi connectivity index (χ0n) is 9.05. The normalized spacial score (nSPS) is 31.2. The van der Waals surface area contributed by atoms with Crippen LogP contribution in [0.5, 0.6) is 0 Å². The van der Waals surface area contributed by atoms with Crippen LogP contribution in [0.3, 0.4) is 0 Å². The Kier molecular flexibility index (Phi) is 2.91. The minimum absolute atomic E-state index is 0.233. The molecule has 0 aromatic carbocycles. The maximum Gasteiger partial charge on any atom is 0.135 e. The number of rotatable bonds is 2. The van der Waals surface area contributed by atoms with Crippen molar-refractivity contribution in [2.24, 2.45) is 5.41 Å². The molecule has 1 spiro atoms. The van der Waals surface area contributed by atoms with Crippen molar-refractivity contribution in [2.45, 2.75) is 58.0 Å². The number of carbonyl (C=O) groups excluding carboxylic acids is 1. The van der Waals surface area contributed by atoms with Crippen LogP contribution in [0.15, 0.2) is 0 Å². The van der Waals surface area contributed by atoms with E-state index in [0.717, 1.165) is 19.4 Å². The van der Waals surface area contributed by atoms with Gasteiger partial charge in [-0.15, -0.1) is 0 Å². The van der Waals surface area contributed by atoms with Gasteiger partial charge < -0.3 is 4.74 Å². The van der Waals surface area contributed by atoms with Gasteiger partial charge in [-0.3, -0.25) is 4.79 Å². The molecular formula is C12H20O2. The summed E-state index contributed by atoms with van der Waals surface area (Å²) < 4.78 is 5.77. The Morgan fingerprint density at radius 2 is 2.07 bits per heavy atom. The second-order valence-corrected chi connectivity index (χ2v) is 4.76. The lowest BCUT2D eigenvalue weighted by Gasteiger charge is -2.40. The third-order valence-corrected chi connectivity index (χ3v) is 3.96. The quantitative estimate of drug-likeness (QED) is 0.678. The maximum atomic E-state index is 11.4. The molecule has 1 unspecified atom stereocenters. The summed E-state index contributed by atoms with van der Waals surface area (Å²) in [6.07, 6.45) is 8.01. The van der Waals surface area contributed by atoms with Gasteiger partial charge in [0.2, 0.25) is 0 Å². The zero-order valence-corrected chi connectivity index (χ0v) is 9.05. The van der Waals surface area contributed by atoms with Gasteiger partial charge in [-0.25, -0.2) is 0 Å². The molecule has 0 saturated heterocycles. The fourth-order valence-corrected chi connectivity index (χ4v) is 3.16. The predicted molar refractivity (Wildman–Crippen MR) is 55.2 cm³/mol. The summed E-state index contributed by atoms with van der Waals surface area (Å²) in [4.78, 5) is 11.4. The topological polar surface area (TPSA) is 26.3 Å². The summed E-state index contributed by atoms with van der Waals surface area (Å²) >= 11 is 0. The summed E-state index contributed by atoms with van der Waals surface area (Å²) in [5.74, 6) is 0.404. The molecule has 2 rings (SSSR count). The Balaban J connectivity index is 2.08. The minimum atomic E-state index is 0.233. The first-order chi connectivity index (χ1) is 6.77. The molecule has 14 heavy (non-hydrogen) atoms. The fourth-order valence-electron chi connectivity index (χ4n) is 3.16. The number of Topliss-reactive ketones (excluding diaryl/α,β-unsaturated/α-hetero) is 1. The molecule has 2 fully saturated rings.